The molecule has 1 fully saturated rings. The van der Waals surface area contributed by atoms with Gasteiger partial charge in [0.2, 0.25) is 5.75 Å². The lowest BCUT2D eigenvalue weighted by atomic mass is 10.1. The predicted octanol–water partition coefficient (Wildman–Crippen LogP) is 0.917. The fourth-order valence-corrected chi connectivity index (χ4v) is 3.28. The molecule has 2 aromatic heterocycles. The first-order valence-electron chi connectivity index (χ1n) is 9.95. The molecule has 1 saturated heterocycles. The molecule has 0 bridgehead atoms. The van der Waals surface area contributed by atoms with Crippen molar-refractivity contribution in [3.63, 3.8) is 0 Å². The highest BCUT2D eigenvalue weighted by Gasteiger charge is 2.10. The summed E-state index contributed by atoms with van der Waals surface area (Å²) < 4.78 is 6.73. The zero-order chi connectivity index (χ0) is 21.6. The van der Waals surface area contributed by atoms with Crippen LogP contribution in [0.2, 0.25) is 0 Å². The van der Waals surface area contributed by atoms with E-state index in [0.29, 0.717) is 5.56 Å². The molecule has 0 aliphatic carbocycles. The molecule has 3 heterocycles. The molecule has 0 spiro atoms. The number of ether oxygens (including phenoxy) is 1. The SMILES string of the molecule is O=c1[nH]cnc(Cn2ccc(C#Cc3ccc(CN4CCOCC4)cc3)cc2=O)c1O. The molecule has 3 aromatic rings. The van der Waals surface area contributed by atoms with E-state index in [1.165, 1.54) is 22.5 Å². The maximum Gasteiger partial charge on any atom is 0.293 e. The van der Waals surface area contributed by atoms with Crippen LogP contribution in [0.5, 0.6) is 5.75 Å². The molecule has 1 aliphatic heterocycles. The van der Waals surface area contributed by atoms with Gasteiger partial charge in [0.15, 0.2) is 0 Å². The molecular formula is C23H22N4O4. The average molecular weight is 418 g/mol. The Morgan fingerprint density at radius 3 is 2.52 bits per heavy atom. The van der Waals surface area contributed by atoms with E-state index in [-0.39, 0.29) is 17.8 Å². The second kappa shape index (κ2) is 9.43. The number of hydrogen-bond donors (Lipinski definition) is 2. The smallest absolute Gasteiger partial charge is 0.293 e. The van der Waals surface area contributed by atoms with Gasteiger partial charge in [-0.3, -0.25) is 14.5 Å². The van der Waals surface area contributed by atoms with Gasteiger partial charge < -0.3 is 19.4 Å². The summed E-state index contributed by atoms with van der Waals surface area (Å²) in [5.74, 6) is 5.59. The van der Waals surface area contributed by atoms with Crippen molar-refractivity contribution < 1.29 is 9.84 Å². The van der Waals surface area contributed by atoms with E-state index in [0.717, 1.165) is 38.4 Å². The molecule has 8 heteroatoms. The molecular weight excluding hydrogens is 396 g/mol. The average Bonchev–Trinajstić information content (AvgIpc) is 2.79. The monoisotopic (exact) mass is 418 g/mol. The Morgan fingerprint density at radius 2 is 1.77 bits per heavy atom. The highest BCUT2D eigenvalue weighted by Crippen LogP contribution is 2.09. The van der Waals surface area contributed by atoms with Gasteiger partial charge in [-0.1, -0.05) is 24.0 Å². The Bertz CT molecular complexity index is 1230. The van der Waals surface area contributed by atoms with E-state index in [2.05, 4.69) is 38.8 Å². The second-order valence-electron chi connectivity index (χ2n) is 7.24. The highest BCUT2D eigenvalue weighted by molar-refractivity contribution is 5.43. The van der Waals surface area contributed by atoms with E-state index >= 15 is 0 Å². The first-order valence-corrected chi connectivity index (χ1v) is 9.95. The zero-order valence-corrected chi connectivity index (χ0v) is 16.9. The van der Waals surface area contributed by atoms with Crippen LogP contribution in [0.4, 0.5) is 0 Å². The van der Waals surface area contributed by atoms with Crippen LogP contribution in [0.15, 0.2) is 58.5 Å². The maximum absolute atomic E-state index is 12.4. The number of pyridine rings is 1. The Labute approximate surface area is 178 Å². The first kappa shape index (κ1) is 20.6. The van der Waals surface area contributed by atoms with Crippen molar-refractivity contribution in [2.75, 3.05) is 26.3 Å². The fraction of sp³-hybridized carbons (Fsp3) is 0.261. The van der Waals surface area contributed by atoms with Gasteiger partial charge in [-0.05, 0) is 23.8 Å². The molecule has 0 radical (unpaired) electrons. The zero-order valence-electron chi connectivity index (χ0n) is 16.9. The van der Waals surface area contributed by atoms with Crippen molar-refractivity contribution in [3.05, 3.63) is 92.0 Å². The summed E-state index contributed by atoms with van der Waals surface area (Å²) in [4.78, 5) is 32.4. The molecule has 8 nitrogen and oxygen atoms in total. The maximum atomic E-state index is 12.4. The van der Waals surface area contributed by atoms with Crippen molar-refractivity contribution in [1.82, 2.24) is 19.4 Å². The van der Waals surface area contributed by atoms with Gasteiger partial charge in [0.05, 0.1) is 26.1 Å². The third-order valence-corrected chi connectivity index (χ3v) is 5.04. The Balaban J connectivity index is 1.43. The Morgan fingerprint density at radius 1 is 1.03 bits per heavy atom. The summed E-state index contributed by atoms with van der Waals surface area (Å²) in [6, 6.07) is 11.2. The molecule has 31 heavy (non-hydrogen) atoms. The number of aromatic amines is 1. The van der Waals surface area contributed by atoms with Crippen LogP contribution in [-0.2, 0) is 17.8 Å². The summed E-state index contributed by atoms with van der Waals surface area (Å²) in [7, 11) is 0. The van der Waals surface area contributed by atoms with Gasteiger partial charge in [0.1, 0.15) is 5.69 Å². The Kier molecular flexibility index (Phi) is 6.26. The number of morpholine rings is 1. The van der Waals surface area contributed by atoms with Crippen molar-refractivity contribution in [2.24, 2.45) is 0 Å². The van der Waals surface area contributed by atoms with E-state index in [4.69, 9.17) is 4.74 Å². The molecule has 1 aliphatic rings. The quantitative estimate of drug-likeness (QED) is 0.611. The van der Waals surface area contributed by atoms with Gasteiger partial charge in [-0.25, -0.2) is 4.98 Å². The minimum Gasteiger partial charge on any atom is -0.502 e. The standard InChI is InChI=1S/C23H22N4O4/c28-21-13-18(7-8-27(21)15-20-22(29)23(30)25-16-24-20)4-1-17-2-5-19(6-3-17)14-26-9-11-31-12-10-26/h2-3,5-8,13,16,29H,9-12,14-15H2,(H,24,25,30). The van der Waals surface area contributed by atoms with Gasteiger partial charge >= 0.3 is 0 Å². The minimum atomic E-state index is -0.642. The van der Waals surface area contributed by atoms with Gasteiger partial charge in [-0.15, -0.1) is 0 Å². The summed E-state index contributed by atoms with van der Waals surface area (Å²) in [6.45, 7) is 4.35. The molecule has 158 valence electrons. The lowest BCUT2D eigenvalue weighted by Crippen LogP contribution is -2.35. The molecule has 0 atom stereocenters. The molecule has 0 unspecified atom stereocenters. The van der Waals surface area contributed by atoms with E-state index in [1.807, 2.05) is 12.1 Å². The topological polar surface area (TPSA) is 100 Å². The van der Waals surface area contributed by atoms with Crippen LogP contribution < -0.4 is 11.1 Å². The summed E-state index contributed by atoms with van der Waals surface area (Å²) in [5.41, 5.74) is 1.87. The molecule has 1 aromatic carbocycles. The number of aromatic hydroxyl groups is 1. The minimum absolute atomic E-state index is 0.00704. The number of aromatic nitrogens is 3. The van der Waals surface area contributed by atoms with Crippen LogP contribution in [0.3, 0.4) is 0 Å². The number of hydrogen-bond acceptors (Lipinski definition) is 6. The van der Waals surface area contributed by atoms with Crippen molar-refractivity contribution in [1.29, 1.82) is 0 Å². The summed E-state index contributed by atoms with van der Waals surface area (Å²) in [5, 5.41) is 9.77. The third-order valence-electron chi connectivity index (χ3n) is 5.04. The predicted molar refractivity (Wildman–Crippen MR) is 115 cm³/mol. The van der Waals surface area contributed by atoms with Crippen LogP contribution >= 0.6 is 0 Å². The van der Waals surface area contributed by atoms with Crippen LogP contribution in [0.1, 0.15) is 22.4 Å². The van der Waals surface area contributed by atoms with E-state index < -0.39 is 11.3 Å². The van der Waals surface area contributed by atoms with Gasteiger partial charge in [0, 0.05) is 43.0 Å². The number of H-pyrrole nitrogens is 1. The van der Waals surface area contributed by atoms with Crippen molar-refractivity contribution in [3.8, 4) is 17.6 Å². The summed E-state index contributed by atoms with van der Waals surface area (Å²) in [6.07, 6.45) is 2.76. The van der Waals surface area contributed by atoms with E-state index in [9.17, 15) is 14.7 Å². The van der Waals surface area contributed by atoms with Gasteiger partial charge in [0.25, 0.3) is 11.1 Å². The normalized spacial score (nSPS) is 14.1. The molecule has 2 N–H and O–H groups in total. The third kappa shape index (κ3) is 5.28. The molecule has 4 rings (SSSR count). The van der Waals surface area contributed by atoms with Crippen molar-refractivity contribution in [2.45, 2.75) is 13.1 Å². The van der Waals surface area contributed by atoms with Crippen LogP contribution in [0.25, 0.3) is 0 Å². The molecule has 0 amide bonds. The van der Waals surface area contributed by atoms with Crippen LogP contribution in [0, 0.1) is 11.8 Å². The second-order valence-corrected chi connectivity index (χ2v) is 7.24. The number of nitrogens with zero attached hydrogens (tertiary/aromatic N) is 3. The fourth-order valence-electron chi connectivity index (χ4n) is 3.28. The largest absolute Gasteiger partial charge is 0.502 e. The lowest BCUT2D eigenvalue weighted by molar-refractivity contribution is 0.0342. The highest BCUT2D eigenvalue weighted by atomic mass is 16.5. The van der Waals surface area contributed by atoms with Gasteiger partial charge in [-0.2, -0.15) is 0 Å². The van der Waals surface area contributed by atoms with Crippen LogP contribution in [-0.4, -0.2) is 50.8 Å². The Hall–Kier alpha value is -3.67. The first-order chi connectivity index (χ1) is 15.1. The van der Waals surface area contributed by atoms with E-state index in [1.54, 1.807) is 12.3 Å². The molecule has 0 saturated carbocycles. The number of rotatable bonds is 4. The summed E-state index contributed by atoms with van der Waals surface area (Å²) >= 11 is 0. The number of benzene rings is 1. The lowest BCUT2D eigenvalue weighted by Gasteiger charge is -2.26. The number of nitrogens with one attached hydrogen (secondary N) is 1. The van der Waals surface area contributed by atoms with Crippen molar-refractivity contribution >= 4 is 0 Å².